The van der Waals surface area contributed by atoms with Crippen molar-refractivity contribution in [3.05, 3.63) is 24.3 Å². The molecule has 0 spiro atoms. The van der Waals surface area contributed by atoms with Crippen LogP contribution in [0.4, 0.5) is 0 Å². The van der Waals surface area contributed by atoms with Crippen LogP contribution in [0, 0.1) is 0 Å². The van der Waals surface area contributed by atoms with Crippen LogP contribution in [-0.4, -0.2) is 13.1 Å². The van der Waals surface area contributed by atoms with Crippen molar-refractivity contribution in [2.45, 2.75) is 71.1 Å². The summed E-state index contributed by atoms with van der Waals surface area (Å²) in [6.45, 7) is 2.26. The maximum atomic E-state index is 10.8. The zero-order valence-corrected chi connectivity index (χ0v) is 12.7. The lowest BCUT2D eigenvalue weighted by Gasteiger charge is -2.00. The van der Waals surface area contributed by atoms with E-state index in [0.717, 1.165) is 6.42 Å². The SMILES string of the molecule is CCCCCCCCCCC/C=C/C=C/C(=O)OC. The predicted molar refractivity (Wildman–Crippen MR) is 82.1 cm³/mol. The number of ether oxygens (including phenoxy) is 1. The van der Waals surface area contributed by atoms with E-state index in [9.17, 15) is 4.79 Å². The first-order valence-electron chi connectivity index (χ1n) is 7.72. The lowest BCUT2D eigenvalue weighted by atomic mass is 10.1. The van der Waals surface area contributed by atoms with Crippen molar-refractivity contribution in [2.24, 2.45) is 0 Å². The van der Waals surface area contributed by atoms with Gasteiger partial charge in [0, 0.05) is 6.08 Å². The molecule has 0 heterocycles. The molecular weight excluding hydrogens is 236 g/mol. The second-order valence-electron chi connectivity index (χ2n) is 4.93. The fourth-order valence-electron chi connectivity index (χ4n) is 1.95. The highest BCUT2D eigenvalue weighted by Crippen LogP contribution is 2.10. The minimum Gasteiger partial charge on any atom is -0.466 e. The van der Waals surface area contributed by atoms with Crippen molar-refractivity contribution in [3.63, 3.8) is 0 Å². The molecule has 0 aromatic heterocycles. The van der Waals surface area contributed by atoms with Gasteiger partial charge in [-0.2, -0.15) is 0 Å². The zero-order chi connectivity index (χ0) is 14.2. The fraction of sp³-hybridized carbons (Fsp3) is 0.706. The maximum absolute atomic E-state index is 10.8. The highest BCUT2D eigenvalue weighted by molar-refractivity contribution is 5.82. The highest BCUT2D eigenvalue weighted by atomic mass is 16.5. The number of allylic oxidation sites excluding steroid dienone is 3. The summed E-state index contributed by atoms with van der Waals surface area (Å²) in [5, 5.41) is 0. The molecule has 0 saturated carbocycles. The number of carbonyl (C=O) groups excluding carboxylic acids is 1. The normalized spacial score (nSPS) is 11.5. The van der Waals surface area contributed by atoms with E-state index >= 15 is 0 Å². The number of carbonyl (C=O) groups is 1. The molecule has 2 nitrogen and oxygen atoms in total. The van der Waals surface area contributed by atoms with Crippen LogP contribution in [0.3, 0.4) is 0 Å². The van der Waals surface area contributed by atoms with Crippen LogP contribution in [0.5, 0.6) is 0 Å². The van der Waals surface area contributed by atoms with Gasteiger partial charge in [-0.05, 0) is 12.8 Å². The van der Waals surface area contributed by atoms with E-state index in [1.807, 2.05) is 6.08 Å². The first-order chi connectivity index (χ1) is 9.31. The molecule has 0 rings (SSSR count). The third kappa shape index (κ3) is 14.9. The Morgan fingerprint density at radius 1 is 0.895 bits per heavy atom. The molecular formula is C17H30O2. The van der Waals surface area contributed by atoms with Crippen molar-refractivity contribution in [2.75, 3.05) is 7.11 Å². The lowest BCUT2D eigenvalue weighted by Crippen LogP contribution is -1.92. The van der Waals surface area contributed by atoms with Crippen LogP contribution in [-0.2, 0) is 9.53 Å². The second-order valence-corrected chi connectivity index (χ2v) is 4.93. The van der Waals surface area contributed by atoms with Gasteiger partial charge in [-0.3, -0.25) is 0 Å². The van der Waals surface area contributed by atoms with E-state index in [0.29, 0.717) is 0 Å². The summed E-state index contributed by atoms with van der Waals surface area (Å²) in [6.07, 6.45) is 20.6. The molecule has 0 fully saturated rings. The van der Waals surface area contributed by atoms with Gasteiger partial charge in [0.05, 0.1) is 7.11 Å². The smallest absolute Gasteiger partial charge is 0.330 e. The Hall–Kier alpha value is -1.05. The number of unbranched alkanes of at least 4 members (excludes halogenated alkanes) is 9. The Kier molecular flexibility index (Phi) is 14.2. The van der Waals surface area contributed by atoms with Crippen molar-refractivity contribution in [1.82, 2.24) is 0 Å². The molecule has 0 atom stereocenters. The van der Waals surface area contributed by atoms with Crippen LogP contribution in [0.25, 0.3) is 0 Å². The molecule has 0 aliphatic carbocycles. The lowest BCUT2D eigenvalue weighted by molar-refractivity contribution is -0.134. The molecule has 0 saturated heterocycles. The summed E-state index contributed by atoms with van der Waals surface area (Å²) in [4.78, 5) is 10.8. The Bertz CT molecular complexity index is 254. The predicted octanol–water partition coefficient (Wildman–Crippen LogP) is 5.19. The summed E-state index contributed by atoms with van der Waals surface area (Å²) in [7, 11) is 1.39. The van der Waals surface area contributed by atoms with Crippen molar-refractivity contribution < 1.29 is 9.53 Å². The van der Waals surface area contributed by atoms with Gasteiger partial charge in [0.1, 0.15) is 0 Å². The largest absolute Gasteiger partial charge is 0.466 e. The van der Waals surface area contributed by atoms with Gasteiger partial charge in [-0.25, -0.2) is 4.79 Å². The molecule has 0 amide bonds. The van der Waals surface area contributed by atoms with E-state index < -0.39 is 0 Å². The summed E-state index contributed by atoms with van der Waals surface area (Å²) >= 11 is 0. The van der Waals surface area contributed by atoms with Crippen LogP contribution in [0.1, 0.15) is 71.1 Å². The number of hydrogen-bond acceptors (Lipinski definition) is 2. The summed E-state index contributed by atoms with van der Waals surface area (Å²) in [5.74, 6) is -0.298. The zero-order valence-electron chi connectivity index (χ0n) is 12.7. The molecule has 19 heavy (non-hydrogen) atoms. The van der Waals surface area contributed by atoms with Crippen LogP contribution >= 0.6 is 0 Å². The van der Waals surface area contributed by atoms with Crippen molar-refractivity contribution in [1.29, 1.82) is 0 Å². The van der Waals surface area contributed by atoms with Gasteiger partial charge in [0.15, 0.2) is 0 Å². The third-order valence-electron chi connectivity index (χ3n) is 3.16. The summed E-state index contributed by atoms with van der Waals surface area (Å²) in [5.41, 5.74) is 0. The summed E-state index contributed by atoms with van der Waals surface area (Å²) < 4.78 is 4.50. The van der Waals surface area contributed by atoms with Crippen LogP contribution in [0.2, 0.25) is 0 Å². The molecule has 0 aliphatic heterocycles. The van der Waals surface area contributed by atoms with Crippen LogP contribution in [0.15, 0.2) is 24.3 Å². The Morgan fingerprint density at radius 3 is 2.05 bits per heavy atom. The Labute approximate surface area is 118 Å². The van der Waals surface area contributed by atoms with Gasteiger partial charge in [0.25, 0.3) is 0 Å². The molecule has 0 aliphatic rings. The minimum atomic E-state index is -0.298. The maximum Gasteiger partial charge on any atom is 0.330 e. The van der Waals surface area contributed by atoms with Gasteiger partial charge >= 0.3 is 5.97 Å². The first kappa shape index (κ1) is 17.9. The molecule has 0 aromatic carbocycles. The molecule has 0 aromatic rings. The molecule has 2 heteroatoms. The average Bonchev–Trinajstić information content (AvgIpc) is 2.43. The van der Waals surface area contributed by atoms with Crippen molar-refractivity contribution in [3.8, 4) is 0 Å². The minimum absolute atomic E-state index is 0.298. The summed E-state index contributed by atoms with van der Waals surface area (Å²) in [6, 6.07) is 0. The van der Waals surface area contributed by atoms with Gasteiger partial charge in [-0.1, -0.05) is 76.5 Å². The number of methoxy groups -OCH3 is 1. The number of hydrogen-bond donors (Lipinski definition) is 0. The average molecular weight is 266 g/mol. The highest BCUT2D eigenvalue weighted by Gasteiger charge is 1.91. The molecule has 0 N–H and O–H groups in total. The van der Waals surface area contributed by atoms with Crippen LogP contribution < -0.4 is 0 Å². The number of esters is 1. The quantitative estimate of drug-likeness (QED) is 0.210. The molecule has 0 radical (unpaired) electrons. The molecule has 110 valence electrons. The standard InChI is InChI=1S/C17H30O2/c1-3-4-5-6-7-8-9-10-11-12-13-14-15-16-17(18)19-2/h13-16H,3-12H2,1-2H3/b14-13+,16-15+. The van der Waals surface area contributed by atoms with E-state index in [-0.39, 0.29) is 5.97 Å². The van der Waals surface area contributed by atoms with Gasteiger partial charge < -0.3 is 4.74 Å². The second kappa shape index (κ2) is 15.0. The monoisotopic (exact) mass is 266 g/mol. The van der Waals surface area contributed by atoms with Gasteiger partial charge in [-0.15, -0.1) is 0 Å². The third-order valence-corrected chi connectivity index (χ3v) is 3.16. The van der Waals surface area contributed by atoms with E-state index in [4.69, 9.17) is 0 Å². The first-order valence-corrected chi connectivity index (χ1v) is 7.72. The van der Waals surface area contributed by atoms with E-state index in [2.05, 4.69) is 17.7 Å². The Morgan fingerprint density at radius 2 is 1.47 bits per heavy atom. The van der Waals surface area contributed by atoms with E-state index in [1.165, 1.54) is 71.0 Å². The number of rotatable bonds is 12. The fourth-order valence-corrected chi connectivity index (χ4v) is 1.95. The van der Waals surface area contributed by atoms with E-state index in [1.54, 1.807) is 6.08 Å². The van der Waals surface area contributed by atoms with Gasteiger partial charge in [0.2, 0.25) is 0 Å². The topological polar surface area (TPSA) is 26.3 Å². The molecule has 0 unspecified atom stereocenters. The molecule has 0 bridgehead atoms. The van der Waals surface area contributed by atoms with Crippen molar-refractivity contribution >= 4 is 5.97 Å². The Balaban J connectivity index is 3.20.